The van der Waals surface area contributed by atoms with Gasteiger partial charge in [0.25, 0.3) is 0 Å². The summed E-state index contributed by atoms with van der Waals surface area (Å²) in [7, 11) is -3.16. The lowest BCUT2D eigenvalue weighted by Crippen LogP contribution is -2.41. The van der Waals surface area contributed by atoms with E-state index in [1.54, 1.807) is 13.8 Å². The van der Waals surface area contributed by atoms with Crippen molar-refractivity contribution in [2.24, 2.45) is 0 Å². The maximum Gasteiger partial charge on any atom is 0.211 e. The lowest BCUT2D eigenvalue weighted by Gasteiger charge is -2.20. The first-order valence-electron chi connectivity index (χ1n) is 4.10. The fourth-order valence-corrected chi connectivity index (χ4v) is 2.49. The summed E-state index contributed by atoms with van der Waals surface area (Å²) in [6.07, 6.45) is 1.84. The smallest absolute Gasteiger partial charge is 0.211 e. The molecule has 0 radical (unpaired) electrons. The van der Waals surface area contributed by atoms with E-state index in [0.717, 1.165) is 0 Å². The first kappa shape index (κ1) is 13.2. The van der Waals surface area contributed by atoms with E-state index in [2.05, 4.69) is 4.72 Å². The summed E-state index contributed by atoms with van der Waals surface area (Å²) in [5.41, 5.74) is 0. The molecule has 0 aliphatic carbocycles. The number of hydrogen-bond acceptors (Lipinski definition) is 4. The zero-order chi connectivity index (χ0) is 10.5. The van der Waals surface area contributed by atoms with Gasteiger partial charge >= 0.3 is 0 Å². The minimum atomic E-state index is -3.16. The zero-order valence-electron chi connectivity index (χ0n) is 8.15. The molecule has 0 bridgehead atoms. The van der Waals surface area contributed by atoms with Gasteiger partial charge < -0.3 is 5.11 Å². The summed E-state index contributed by atoms with van der Waals surface area (Å²) >= 11 is 1.45. The summed E-state index contributed by atoms with van der Waals surface area (Å²) in [6.45, 7) is 3.32. The number of aliphatic hydroxyl groups excluding tert-OH is 1. The maximum atomic E-state index is 11.1. The molecule has 0 amide bonds. The zero-order valence-corrected chi connectivity index (χ0v) is 9.78. The van der Waals surface area contributed by atoms with E-state index in [0.29, 0.717) is 0 Å². The van der Waals surface area contributed by atoms with Gasteiger partial charge in [-0.2, -0.15) is 11.8 Å². The van der Waals surface area contributed by atoms with E-state index in [9.17, 15) is 8.42 Å². The van der Waals surface area contributed by atoms with Crippen LogP contribution in [0.1, 0.15) is 13.8 Å². The molecule has 2 unspecified atom stereocenters. The third-order valence-corrected chi connectivity index (χ3v) is 4.44. The van der Waals surface area contributed by atoms with Crippen molar-refractivity contribution in [3.05, 3.63) is 0 Å². The highest BCUT2D eigenvalue weighted by atomic mass is 32.2. The highest BCUT2D eigenvalue weighted by molar-refractivity contribution is 7.99. The van der Waals surface area contributed by atoms with Crippen LogP contribution in [0.4, 0.5) is 0 Å². The molecule has 0 aromatic rings. The first-order valence-corrected chi connectivity index (χ1v) is 7.04. The molecule has 0 saturated heterocycles. The van der Waals surface area contributed by atoms with E-state index in [4.69, 9.17) is 5.11 Å². The number of thioether (sulfide) groups is 1. The van der Waals surface area contributed by atoms with Crippen molar-refractivity contribution in [3.8, 4) is 0 Å². The summed E-state index contributed by atoms with van der Waals surface area (Å²) in [5.74, 6) is 0.0733. The predicted octanol–water partition coefficient (Wildman–Crippen LogP) is 0.0381. The van der Waals surface area contributed by atoms with Crippen molar-refractivity contribution >= 4 is 21.8 Å². The van der Waals surface area contributed by atoms with Crippen LogP contribution in [0.2, 0.25) is 0 Å². The molecule has 80 valence electrons. The Morgan fingerprint density at radius 1 is 1.54 bits per heavy atom. The molecule has 0 spiro atoms. The van der Waals surface area contributed by atoms with Gasteiger partial charge in [-0.05, 0) is 20.1 Å². The topological polar surface area (TPSA) is 66.4 Å². The van der Waals surface area contributed by atoms with Crippen molar-refractivity contribution in [1.29, 1.82) is 0 Å². The Morgan fingerprint density at radius 3 is 2.38 bits per heavy atom. The highest BCUT2D eigenvalue weighted by Crippen LogP contribution is 2.10. The molecule has 2 atom stereocenters. The third kappa shape index (κ3) is 4.85. The van der Waals surface area contributed by atoms with E-state index < -0.39 is 10.0 Å². The minimum absolute atomic E-state index is 0.0193. The van der Waals surface area contributed by atoms with Crippen LogP contribution in [-0.2, 0) is 10.0 Å². The van der Waals surface area contributed by atoms with Crippen LogP contribution < -0.4 is 4.72 Å². The lowest BCUT2D eigenvalue weighted by molar-refractivity contribution is 0.282. The highest BCUT2D eigenvalue weighted by Gasteiger charge is 2.19. The Kier molecular flexibility index (Phi) is 5.95. The van der Waals surface area contributed by atoms with Crippen LogP contribution in [0.25, 0.3) is 0 Å². The van der Waals surface area contributed by atoms with Crippen LogP contribution in [0.5, 0.6) is 0 Å². The second kappa shape index (κ2) is 5.85. The number of nitrogens with one attached hydrogen (secondary N) is 1. The molecule has 0 saturated carbocycles. The molecule has 0 aliphatic rings. The fraction of sp³-hybridized carbons (Fsp3) is 1.00. The van der Waals surface area contributed by atoms with E-state index in [1.807, 2.05) is 6.26 Å². The van der Waals surface area contributed by atoms with Gasteiger partial charge in [0.15, 0.2) is 0 Å². The second-order valence-corrected chi connectivity index (χ2v) is 5.89. The van der Waals surface area contributed by atoms with Crippen molar-refractivity contribution in [2.75, 3.05) is 18.6 Å². The van der Waals surface area contributed by atoms with Crippen molar-refractivity contribution in [2.45, 2.75) is 25.1 Å². The molecule has 0 fully saturated rings. The van der Waals surface area contributed by atoms with Crippen molar-refractivity contribution in [3.63, 3.8) is 0 Å². The number of aliphatic hydroxyl groups is 1. The monoisotopic (exact) mass is 227 g/mol. The summed E-state index contributed by atoms with van der Waals surface area (Å²) in [4.78, 5) is 0. The van der Waals surface area contributed by atoms with Gasteiger partial charge in [0.2, 0.25) is 10.0 Å². The fourth-order valence-electron chi connectivity index (χ4n) is 0.879. The second-order valence-electron chi connectivity index (χ2n) is 2.77. The largest absolute Gasteiger partial charge is 0.395 e. The molecule has 6 heteroatoms. The Morgan fingerprint density at radius 2 is 2.08 bits per heavy atom. The number of hydrogen-bond donors (Lipinski definition) is 2. The average molecular weight is 227 g/mol. The van der Waals surface area contributed by atoms with Crippen LogP contribution >= 0.6 is 11.8 Å². The van der Waals surface area contributed by atoms with Crippen LogP contribution in [0.3, 0.4) is 0 Å². The van der Waals surface area contributed by atoms with Gasteiger partial charge in [0.1, 0.15) is 0 Å². The number of rotatable bonds is 6. The third-order valence-electron chi connectivity index (χ3n) is 1.79. The molecule has 2 N–H and O–H groups in total. The summed E-state index contributed by atoms with van der Waals surface area (Å²) in [5, 5.41) is 8.83. The Balaban J connectivity index is 4.21. The SMILES string of the molecule is CCS(=O)(=O)NC(C)C(CO)SC. The minimum Gasteiger partial charge on any atom is -0.395 e. The average Bonchev–Trinajstić information content (AvgIpc) is 2.06. The van der Waals surface area contributed by atoms with Gasteiger partial charge in [0, 0.05) is 11.3 Å². The van der Waals surface area contributed by atoms with Crippen LogP contribution in [0.15, 0.2) is 0 Å². The van der Waals surface area contributed by atoms with Crippen LogP contribution in [-0.4, -0.2) is 43.4 Å². The van der Waals surface area contributed by atoms with Crippen molar-refractivity contribution < 1.29 is 13.5 Å². The quantitative estimate of drug-likeness (QED) is 0.672. The molecule has 0 aliphatic heterocycles. The first-order chi connectivity index (χ1) is 5.96. The molecular weight excluding hydrogens is 210 g/mol. The van der Waals surface area contributed by atoms with Gasteiger partial charge in [-0.25, -0.2) is 13.1 Å². The molecular formula is C7H17NO3S2. The van der Waals surface area contributed by atoms with Gasteiger partial charge in [-0.1, -0.05) is 0 Å². The maximum absolute atomic E-state index is 11.1. The molecule has 0 aromatic heterocycles. The van der Waals surface area contributed by atoms with Gasteiger partial charge in [-0.3, -0.25) is 0 Å². The van der Waals surface area contributed by atoms with Crippen LogP contribution in [0, 0.1) is 0 Å². The van der Waals surface area contributed by atoms with E-state index in [1.165, 1.54) is 11.8 Å². The predicted molar refractivity (Wildman–Crippen MR) is 56.4 cm³/mol. The molecule has 0 rings (SSSR count). The van der Waals surface area contributed by atoms with E-state index >= 15 is 0 Å². The molecule has 0 aromatic carbocycles. The standard InChI is InChI=1S/C7H17NO3S2/c1-4-13(10,11)8-6(2)7(5-9)12-3/h6-9H,4-5H2,1-3H3. The van der Waals surface area contributed by atoms with Gasteiger partial charge in [0.05, 0.1) is 12.4 Å². The molecule has 0 heterocycles. The lowest BCUT2D eigenvalue weighted by atomic mass is 10.3. The molecule has 13 heavy (non-hydrogen) atoms. The Bertz CT molecular complexity index is 224. The Hall–Kier alpha value is 0.220. The summed E-state index contributed by atoms with van der Waals surface area (Å²) in [6, 6.07) is -0.232. The number of sulfonamides is 1. The van der Waals surface area contributed by atoms with E-state index in [-0.39, 0.29) is 23.7 Å². The van der Waals surface area contributed by atoms with Crippen molar-refractivity contribution in [1.82, 2.24) is 4.72 Å². The summed E-state index contributed by atoms with van der Waals surface area (Å²) < 4.78 is 24.8. The Labute approximate surface area is 84.2 Å². The van der Waals surface area contributed by atoms with Gasteiger partial charge in [-0.15, -0.1) is 0 Å². The molecule has 4 nitrogen and oxygen atoms in total. The normalized spacial score (nSPS) is 16.9.